The van der Waals surface area contributed by atoms with Crippen molar-refractivity contribution >= 4 is 16.9 Å². The first-order valence-electron chi connectivity index (χ1n) is 7.29. The lowest BCUT2D eigenvalue weighted by atomic mass is 9.97. The average Bonchev–Trinajstić information content (AvgIpc) is 2.87. The topological polar surface area (TPSA) is 71.2 Å². The van der Waals surface area contributed by atoms with E-state index in [1.807, 2.05) is 24.9 Å². The molecule has 21 heavy (non-hydrogen) atoms. The summed E-state index contributed by atoms with van der Waals surface area (Å²) in [5.41, 5.74) is 2.23. The van der Waals surface area contributed by atoms with Gasteiger partial charge in [-0.15, -0.1) is 0 Å². The van der Waals surface area contributed by atoms with E-state index < -0.39 is 0 Å². The Morgan fingerprint density at radius 2 is 2.14 bits per heavy atom. The molecule has 0 bridgehead atoms. The molecule has 0 spiro atoms. The molecule has 1 saturated heterocycles. The van der Waals surface area contributed by atoms with Gasteiger partial charge in [0.25, 0.3) is 5.91 Å². The lowest BCUT2D eigenvalue weighted by Gasteiger charge is -2.31. The number of piperidine rings is 1. The fourth-order valence-corrected chi connectivity index (χ4v) is 2.91. The van der Waals surface area contributed by atoms with Gasteiger partial charge in [-0.2, -0.15) is 5.10 Å². The largest absolute Gasteiger partial charge is 0.396 e. The molecule has 1 aliphatic rings. The van der Waals surface area contributed by atoms with Crippen LogP contribution >= 0.6 is 0 Å². The molecular formula is C15H20N4O2. The number of amides is 1. The highest BCUT2D eigenvalue weighted by Crippen LogP contribution is 2.23. The van der Waals surface area contributed by atoms with E-state index in [9.17, 15) is 9.90 Å². The Morgan fingerprint density at radius 3 is 2.81 bits per heavy atom. The Kier molecular flexibility index (Phi) is 3.63. The van der Waals surface area contributed by atoms with Crippen LogP contribution in [0.5, 0.6) is 0 Å². The van der Waals surface area contributed by atoms with Crippen LogP contribution in [0, 0.1) is 12.8 Å². The third-order valence-electron chi connectivity index (χ3n) is 4.22. The lowest BCUT2D eigenvalue weighted by molar-refractivity contribution is 0.0652. The van der Waals surface area contributed by atoms with E-state index in [0.717, 1.165) is 29.6 Å². The molecule has 1 amide bonds. The maximum absolute atomic E-state index is 12.8. The highest BCUT2D eigenvalue weighted by molar-refractivity contribution is 6.05. The van der Waals surface area contributed by atoms with Crippen LogP contribution in [0.15, 0.2) is 12.3 Å². The van der Waals surface area contributed by atoms with Crippen molar-refractivity contribution in [2.75, 3.05) is 19.7 Å². The summed E-state index contributed by atoms with van der Waals surface area (Å²) in [6, 6.07) is 1.84. The van der Waals surface area contributed by atoms with E-state index in [2.05, 4.69) is 10.1 Å². The van der Waals surface area contributed by atoms with Gasteiger partial charge in [-0.3, -0.25) is 9.48 Å². The molecule has 0 aliphatic carbocycles. The van der Waals surface area contributed by atoms with Crippen molar-refractivity contribution in [3.8, 4) is 0 Å². The van der Waals surface area contributed by atoms with Crippen LogP contribution in [-0.4, -0.2) is 50.4 Å². The maximum Gasteiger partial charge on any atom is 0.254 e. The fraction of sp³-hybridized carbons (Fsp3) is 0.533. The minimum atomic E-state index is 0.0369. The standard InChI is InChI=1S/C15H20N4O2/c1-10-7-12(13-8-16-18(2)14(13)17-10)15(21)19-5-3-11(9-20)4-6-19/h7-8,11,20H,3-6,9H2,1-2H3. The lowest BCUT2D eigenvalue weighted by Crippen LogP contribution is -2.39. The van der Waals surface area contributed by atoms with E-state index in [0.29, 0.717) is 24.6 Å². The zero-order chi connectivity index (χ0) is 15.0. The van der Waals surface area contributed by atoms with E-state index in [-0.39, 0.29) is 12.5 Å². The van der Waals surface area contributed by atoms with Crippen molar-refractivity contribution in [3.63, 3.8) is 0 Å². The molecule has 6 heteroatoms. The number of nitrogens with zero attached hydrogens (tertiary/aromatic N) is 4. The predicted molar refractivity (Wildman–Crippen MR) is 79.0 cm³/mol. The van der Waals surface area contributed by atoms with Crippen molar-refractivity contribution in [1.82, 2.24) is 19.7 Å². The number of carbonyl (C=O) groups excluding carboxylic acids is 1. The molecule has 0 unspecified atom stereocenters. The van der Waals surface area contributed by atoms with Gasteiger partial charge in [-0.1, -0.05) is 0 Å². The molecule has 0 aromatic carbocycles. The van der Waals surface area contributed by atoms with Crippen LogP contribution in [-0.2, 0) is 7.05 Å². The van der Waals surface area contributed by atoms with Crippen molar-refractivity contribution in [2.24, 2.45) is 13.0 Å². The number of hydrogen-bond acceptors (Lipinski definition) is 4. The molecule has 0 atom stereocenters. The number of carbonyl (C=O) groups is 1. The molecule has 3 heterocycles. The van der Waals surface area contributed by atoms with Gasteiger partial charge in [0, 0.05) is 32.4 Å². The quantitative estimate of drug-likeness (QED) is 0.899. The van der Waals surface area contributed by atoms with Crippen LogP contribution in [0.25, 0.3) is 11.0 Å². The molecule has 112 valence electrons. The predicted octanol–water partition coefficient (Wildman–Crippen LogP) is 1.12. The van der Waals surface area contributed by atoms with Crippen LogP contribution in [0.4, 0.5) is 0 Å². The molecule has 1 aliphatic heterocycles. The zero-order valence-electron chi connectivity index (χ0n) is 12.4. The second-order valence-electron chi connectivity index (χ2n) is 5.73. The molecule has 6 nitrogen and oxygen atoms in total. The van der Waals surface area contributed by atoms with Crippen molar-refractivity contribution < 1.29 is 9.90 Å². The van der Waals surface area contributed by atoms with Gasteiger partial charge in [-0.25, -0.2) is 4.98 Å². The number of fused-ring (bicyclic) bond motifs is 1. The summed E-state index contributed by atoms with van der Waals surface area (Å²) in [6.45, 7) is 3.50. The molecule has 2 aromatic rings. The molecule has 2 aromatic heterocycles. The first kappa shape index (κ1) is 14.0. The van der Waals surface area contributed by atoms with E-state index >= 15 is 0 Å². The summed E-state index contributed by atoms with van der Waals surface area (Å²) in [5.74, 6) is 0.363. The molecule has 3 rings (SSSR count). The van der Waals surface area contributed by atoms with Crippen molar-refractivity contribution in [1.29, 1.82) is 0 Å². The van der Waals surface area contributed by atoms with E-state index in [1.165, 1.54) is 0 Å². The van der Waals surface area contributed by atoms with Crippen LogP contribution in [0.1, 0.15) is 28.9 Å². The summed E-state index contributed by atoms with van der Waals surface area (Å²) in [4.78, 5) is 19.1. The summed E-state index contributed by atoms with van der Waals surface area (Å²) in [7, 11) is 1.83. The zero-order valence-corrected chi connectivity index (χ0v) is 12.4. The number of pyridine rings is 1. The molecule has 0 saturated carbocycles. The molecular weight excluding hydrogens is 268 g/mol. The van der Waals surface area contributed by atoms with Crippen LogP contribution in [0.3, 0.4) is 0 Å². The Balaban J connectivity index is 1.91. The SMILES string of the molecule is Cc1cc(C(=O)N2CCC(CO)CC2)c2cnn(C)c2n1. The number of rotatable bonds is 2. The smallest absolute Gasteiger partial charge is 0.254 e. The van der Waals surface area contributed by atoms with Crippen molar-refractivity contribution in [2.45, 2.75) is 19.8 Å². The average molecular weight is 288 g/mol. The van der Waals surface area contributed by atoms with Gasteiger partial charge in [0.1, 0.15) is 0 Å². The van der Waals surface area contributed by atoms with E-state index in [1.54, 1.807) is 10.9 Å². The Labute approximate surface area is 123 Å². The normalized spacial score (nSPS) is 16.6. The van der Waals surface area contributed by atoms with Gasteiger partial charge in [0.05, 0.1) is 17.1 Å². The third kappa shape index (κ3) is 2.51. The second kappa shape index (κ2) is 5.44. The first-order chi connectivity index (χ1) is 10.1. The number of hydrogen-bond donors (Lipinski definition) is 1. The number of aromatic nitrogens is 3. The fourth-order valence-electron chi connectivity index (χ4n) is 2.91. The molecule has 1 fully saturated rings. The van der Waals surface area contributed by atoms with Crippen LogP contribution in [0.2, 0.25) is 0 Å². The highest BCUT2D eigenvalue weighted by Gasteiger charge is 2.25. The maximum atomic E-state index is 12.8. The summed E-state index contributed by atoms with van der Waals surface area (Å²) < 4.78 is 1.69. The Morgan fingerprint density at radius 1 is 1.43 bits per heavy atom. The van der Waals surface area contributed by atoms with Gasteiger partial charge >= 0.3 is 0 Å². The van der Waals surface area contributed by atoms with Gasteiger partial charge < -0.3 is 10.0 Å². The van der Waals surface area contributed by atoms with Gasteiger partial charge in [0.2, 0.25) is 0 Å². The molecule has 0 radical (unpaired) electrons. The summed E-state index contributed by atoms with van der Waals surface area (Å²) in [5, 5.41) is 14.2. The third-order valence-corrected chi connectivity index (χ3v) is 4.22. The summed E-state index contributed by atoms with van der Waals surface area (Å²) >= 11 is 0. The number of likely N-dealkylation sites (tertiary alicyclic amines) is 1. The van der Waals surface area contributed by atoms with Crippen LogP contribution < -0.4 is 0 Å². The van der Waals surface area contributed by atoms with Gasteiger partial charge in [0.15, 0.2) is 5.65 Å². The number of aliphatic hydroxyl groups is 1. The Hall–Kier alpha value is -1.95. The molecule has 1 N–H and O–H groups in total. The minimum absolute atomic E-state index is 0.0369. The van der Waals surface area contributed by atoms with Gasteiger partial charge in [-0.05, 0) is 31.7 Å². The van der Waals surface area contributed by atoms with E-state index in [4.69, 9.17) is 0 Å². The number of aliphatic hydroxyl groups excluding tert-OH is 1. The highest BCUT2D eigenvalue weighted by atomic mass is 16.3. The summed E-state index contributed by atoms with van der Waals surface area (Å²) in [6.07, 6.45) is 3.43. The number of aryl methyl sites for hydroxylation is 2. The minimum Gasteiger partial charge on any atom is -0.396 e. The Bertz CT molecular complexity index is 672. The van der Waals surface area contributed by atoms with Crippen molar-refractivity contribution in [3.05, 3.63) is 23.5 Å². The monoisotopic (exact) mass is 288 g/mol. The second-order valence-corrected chi connectivity index (χ2v) is 5.73. The first-order valence-corrected chi connectivity index (χ1v) is 7.29.